The fraction of sp³-hybridized carbons (Fsp3) is 0.688. The molecule has 2 aliphatic rings. The number of carbonyl (C=O) groups excluding carboxylic acids is 2. The SMILES string of the molecule is CCc1nc(COC(=O)[C@H]2CC(=O)N(C3CCCC3)C2)cs1. The molecule has 2 fully saturated rings. The number of nitrogens with zero attached hydrogens (tertiary/aromatic N) is 2. The van der Waals surface area contributed by atoms with Gasteiger partial charge in [-0.3, -0.25) is 9.59 Å². The maximum atomic E-state index is 12.2. The van der Waals surface area contributed by atoms with Gasteiger partial charge in [0.1, 0.15) is 6.61 Å². The molecule has 0 bridgehead atoms. The molecule has 5 nitrogen and oxygen atoms in total. The van der Waals surface area contributed by atoms with Gasteiger partial charge in [-0.15, -0.1) is 11.3 Å². The van der Waals surface area contributed by atoms with Crippen molar-refractivity contribution in [2.24, 2.45) is 5.92 Å². The molecule has 120 valence electrons. The van der Waals surface area contributed by atoms with Gasteiger partial charge in [-0.25, -0.2) is 4.98 Å². The van der Waals surface area contributed by atoms with Crippen LogP contribution in [0.5, 0.6) is 0 Å². The van der Waals surface area contributed by atoms with Crippen LogP contribution in [0.1, 0.15) is 49.7 Å². The second-order valence-corrected chi connectivity index (χ2v) is 7.02. The number of hydrogen-bond donors (Lipinski definition) is 0. The van der Waals surface area contributed by atoms with E-state index in [4.69, 9.17) is 4.74 Å². The molecule has 0 radical (unpaired) electrons. The number of amides is 1. The van der Waals surface area contributed by atoms with Gasteiger partial charge in [-0.05, 0) is 19.3 Å². The second kappa shape index (κ2) is 6.77. The summed E-state index contributed by atoms with van der Waals surface area (Å²) in [4.78, 5) is 30.6. The van der Waals surface area contributed by atoms with Gasteiger partial charge in [-0.2, -0.15) is 0 Å². The number of thiazole rings is 1. The molecule has 0 unspecified atom stereocenters. The molecule has 1 aromatic rings. The molecule has 1 aliphatic carbocycles. The standard InChI is InChI=1S/C16H22N2O3S/c1-2-14-17-12(10-22-14)9-21-16(20)11-7-15(19)18(8-11)13-5-3-4-6-13/h10-11,13H,2-9H2,1H3/t11-/m0/s1. The molecule has 1 saturated heterocycles. The van der Waals surface area contributed by atoms with Crippen LogP contribution < -0.4 is 0 Å². The third-order valence-electron chi connectivity index (χ3n) is 4.52. The normalized spacial score (nSPS) is 22.5. The summed E-state index contributed by atoms with van der Waals surface area (Å²) < 4.78 is 5.36. The smallest absolute Gasteiger partial charge is 0.311 e. The van der Waals surface area contributed by atoms with E-state index in [1.54, 1.807) is 11.3 Å². The van der Waals surface area contributed by atoms with E-state index in [1.807, 2.05) is 10.3 Å². The van der Waals surface area contributed by atoms with Crippen LogP contribution in [-0.4, -0.2) is 34.3 Å². The van der Waals surface area contributed by atoms with Crippen LogP contribution in [0.15, 0.2) is 5.38 Å². The third-order valence-corrected chi connectivity index (χ3v) is 5.56. The van der Waals surface area contributed by atoms with Gasteiger partial charge in [0.05, 0.1) is 16.6 Å². The molecular formula is C16H22N2O3S. The minimum absolute atomic E-state index is 0.107. The first kappa shape index (κ1) is 15.5. The number of carbonyl (C=O) groups is 2. The van der Waals surface area contributed by atoms with E-state index in [-0.39, 0.29) is 24.4 Å². The first-order chi connectivity index (χ1) is 10.7. The molecular weight excluding hydrogens is 300 g/mol. The number of likely N-dealkylation sites (tertiary alicyclic amines) is 1. The number of esters is 1. The Bertz CT molecular complexity index is 551. The Labute approximate surface area is 134 Å². The number of hydrogen-bond acceptors (Lipinski definition) is 5. The summed E-state index contributed by atoms with van der Waals surface area (Å²) in [5, 5.41) is 2.98. The van der Waals surface area contributed by atoms with Crippen LogP contribution >= 0.6 is 11.3 Å². The lowest BCUT2D eigenvalue weighted by Gasteiger charge is -2.23. The van der Waals surface area contributed by atoms with E-state index in [0.717, 1.165) is 30.0 Å². The van der Waals surface area contributed by atoms with Crippen molar-refractivity contribution < 1.29 is 14.3 Å². The van der Waals surface area contributed by atoms with Crippen LogP contribution in [0, 0.1) is 5.92 Å². The quantitative estimate of drug-likeness (QED) is 0.782. The Kier molecular flexibility index (Phi) is 4.76. The van der Waals surface area contributed by atoms with Crippen molar-refractivity contribution in [1.82, 2.24) is 9.88 Å². The summed E-state index contributed by atoms with van der Waals surface area (Å²) in [7, 11) is 0. The van der Waals surface area contributed by atoms with Gasteiger partial charge in [0, 0.05) is 24.4 Å². The first-order valence-electron chi connectivity index (χ1n) is 8.06. The molecule has 3 rings (SSSR count). The summed E-state index contributed by atoms with van der Waals surface area (Å²) in [6.07, 6.45) is 5.72. The van der Waals surface area contributed by atoms with E-state index in [0.29, 0.717) is 19.0 Å². The number of ether oxygens (including phenoxy) is 1. The Morgan fingerprint density at radius 3 is 2.91 bits per heavy atom. The Morgan fingerprint density at radius 1 is 1.45 bits per heavy atom. The molecule has 6 heteroatoms. The Hall–Kier alpha value is -1.43. The molecule has 1 aliphatic heterocycles. The molecule has 1 saturated carbocycles. The summed E-state index contributed by atoms with van der Waals surface area (Å²) in [5.74, 6) is -0.465. The van der Waals surface area contributed by atoms with E-state index in [1.165, 1.54) is 12.8 Å². The zero-order chi connectivity index (χ0) is 15.5. The van der Waals surface area contributed by atoms with Crippen LogP contribution in [0.2, 0.25) is 0 Å². The molecule has 0 N–H and O–H groups in total. The summed E-state index contributed by atoms with van der Waals surface area (Å²) in [5.41, 5.74) is 0.798. The van der Waals surface area contributed by atoms with Crippen molar-refractivity contribution in [1.29, 1.82) is 0 Å². The summed E-state index contributed by atoms with van der Waals surface area (Å²) >= 11 is 1.59. The predicted octanol–water partition coefficient (Wildman–Crippen LogP) is 2.54. The zero-order valence-electron chi connectivity index (χ0n) is 12.9. The van der Waals surface area contributed by atoms with E-state index in [9.17, 15) is 9.59 Å². The van der Waals surface area contributed by atoms with E-state index in [2.05, 4.69) is 11.9 Å². The Morgan fingerprint density at radius 2 is 2.23 bits per heavy atom. The van der Waals surface area contributed by atoms with Crippen molar-refractivity contribution in [3.63, 3.8) is 0 Å². The van der Waals surface area contributed by atoms with Crippen LogP contribution in [-0.2, 0) is 27.4 Å². The van der Waals surface area contributed by atoms with Gasteiger partial charge in [-0.1, -0.05) is 19.8 Å². The van der Waals surface area contributed by atoms with Crippen LogP contribution in [0.3, 0.4) is 0 Å². The molecule has 2 heterocycles. The summed E-state index contributed by atoms with van der Waals surface area (Å²) in [6, 6.07) is 0.343. The first-order valence-corrected chi connectivity index (χ1v) is 8.94. The molecule has 1 amide bonds. The highest BCUT2D eigenvalue weighted by atomic mass is 32.1. The molecule has 0 spiro atoms. The number of aryl methyl sites for hydroxylation is 1. The highest BCUT2D eigenvalue weighted by Gasteiger charge is 2.39. The fourth-order valence-corrected chi connectivity index (χ4v) is 4.03. The lowest BCUT2D eigenvalue weighted by atomic mass is 10.1. The summed E-state index contributed by atoms with van der Waals surface area (Å²) in [6.45, 7) is 2.79. The lowest BCUT2D eigenvalue weighted by Crippen LogP contribution is -2.35. The highest BCUT2D eigenvalue weighted by molar-refractivity contribution is 7.09. The van der Waals surface area contributed by atoms with Gasteiger partial charge >= 0.3 is 5.97 Å². The third kappa shape index (κ3) is 3.32. The van der Waals surface area contributed by atoms with Crippen molar-refractivity contribution >= 4 is 23.2 Å². The van der Waals surface area contributed by atoms with E-state index >= 15 is 0 Å². The zero-order valence-corrected chi connectivity index (χ0v) is 13.7. The lowest BCUT2D eigenvalue weighted by molar-refractivity contribution is -0.149. The van der Waals surface area contributed by atoms with Crippen molar-refractivity contribution in [2.75, 3.05) is 6.54 Å². The van der Waals surface area contributed by atoms with E-state index < -0.39 is 0 Å². The average Bonchev–Trinajstić information content (AvgIpc) is 3.24. The van der Waals surface area contributed by atoms with Gasteiger partial charge in [0.2, 0.25) is 5.91 Å². The fourth-order valence-electron chi connectivity index (χ4n) is 3.30. The molecule has 1 atom stereocenters. The topological polar surface area (TPSA) is 59.5 Å². The van der Waals surface area contributed by atoms with Crippen molar-refractivity contribution in [2.45, 2.75) is 58.1 Å². The Balaban J connectivity index is 1.51. The van der Waals surface area contributed by atoms with Gasteiger partial charge in [0.15, 0.2) is 0 Å². The number of rotatable bonds is 5. The predicted molar refractivity (Wildman–Crippen MR) is 83.4 cm³/mol. The van der Waals surface area contributed by atoms with Crippen LogP contribution in [0.25, 0.3) is 0 Å². The maximum absolute atomic E-state index is 12.2. The molecule has 1 aromatic heterocycles. The van der Waals surface area contributed by atoms with Crippen molar-refractivity contribution in [3.8, 4) is 0 Å². The monoisotopic (exact) mass is 322 g/mol. The largest absolute Gasteiger partial charge is 0.459 e. The van der Waals surface area contributed by atoms with Gasteiger partial charge in [0.25, 0.3) is 0 Å². The second-order valence-electron chi connectivity index (χ2n) is 6.08. The molecule has 0 aromatic carbocycles. The minimum Gasteiger partial charge on any atom is -0.459 e. The maximum Gasteiger partial charge on any atom is 0.311 e. The van der Waals surface area contributed by atoms with Gasteiger partial charge < -0.3 is 9.64 Å². The highest BCUT2D eigenvalue weighted by Crippen LogP contribution is 2.30. The van der Waals surface area contributed by atoms with Crippen molar-refractivity contribution in [3.05, 3.63) is 16.1 Å². The minimum atomic E-state index is -0.308. The number of aromatic nitrogens is 1. The average molecular weight is 322 g/mol. The molecule has 22 heavy (non-hydrogen) atoms. The van der Waals surface area contributed by atoms with Crippen LogP contribution in [0.4, 0.5) is 0 Å².